The minimum absolute atomic E-state index is 0.996. The molecule has 2 aromatic heterocycles. The van der Waals surface area contributed by atoms with E-state index in [1.807, 2.05) is 24.4 Å². The highest BCUT2D eigenvalue weighted by Gasteiger charge is 2.06. The summed E-state index contributed by atoms with van der Waals surface area (Å²) in [6, 6.07) is 12.3. The zero-order valence-corrected chi connectivity index (χ0v) is 12.5. The summed E-state index contributed by atoms with van der Waals surface area (Å²) in [5, 5.41) is 0. The molecule has 0 amide bonds. The molecule has 0 unspecified atom stereocenters. The second kappa shape index (κ2) is 4.42. The molecule has 4 heteroatoms. The van der Waals surface area contributed by atoms with Gasteiger partial charge in [-0.2, -0.15) is 0 Å². The predicted octanol–water partition coefficient (Wildman–Crippen LogP) is 4.37. The standard InChI is InChI=1S/C13H8BrIN2/c14-10-4-1-3-9(7-10)12-8-17-6-2-5-11(15)13(17)16-12/h1-8H. The van der Waals surface area contributed by atoms with E-state index < -0.39 is 0 Å². The van der Waals surface area contributed by atoms with Crippen LogP contribution in [0, 0.1) is 3.57 Å². The Kier molecular flexibility index (Phi) is 2.92. The lowest BCUT2D eigenvalue weighted by Crippen LogP contribution is -1.83. The molecule has 0 aliphatic rings. The first-order valence-electron chi connectivity index (χ1n) is 5.13. The van der Waals surface area contributed by atoms with Gasteiger partial charge in [0.2, 0.25) is 0 Å². The first-order chi connectivity index (χ1) is 8.24. The van der Waals surface area contributed by atoms with E-state index in [1.54, 1.807) is 0 Å². The molecule has 0 fully saturated rings. The van der Waals surface area contributed by atoms with Crippen LogP contribution in [-0.4, -0.2) is 9.38 Å². The fourth-order valence-electron chi connectivity index (χ4n) is 1.77. The highest BCUT2D eigenvalue weighted by molar-refractivity contribution is 14.1. The average Bonchev–Trinajstić information content (AvgIpc) is 2.74. The maximum Gasteiger partial charge on any atom is 0.150 e. The van der Waals surface area contributed by atoms with Gasteiger partial charge in [0, 0.05) is 22.4 Å². The average molecular weight is 399 g/mol. The molecule has 2 heterocycles. The van der Waals surface area contributed by atoms with Crippen molar-refractivity contribution in [2.75, 3.05) is 0 Å². The lowest BCUT2D eigenvalue weighted by molar-refractivity contribution is 1.18. The third-order valence-electron chi connectivity index (χ3n) is 2.56. The fourth-order valence-corrected chi connectivity index (χ4v) is 2.77. The number of pyridine rings is 1. The molecule has 3 aromatic rings. The van der Waals surface area contributed by atoms with Crippen molar-refractivity contribution in [3.05, 3.63) is 56.8 Å². The molecule has 0 spiro atoms. The molecule has 0 aliphatic heterocycles. The number of hydrogen-bond donors (Lipinski definition) is 0. The highest BCUT2D eigenvalue weighted by atomic mass is 127. The number of aromatic nitrogens is 2. The van der Waals surface area contributed by atoms with Crippen LogP contribution in [-0.2, 0) is 0 Å². The summed E-state index contributed by atoms with van der Waals surface area (Å²) in [7, 11) is 0. The van der Waals surface area contributed by atoms with Crippen LogP contribution in [0.1, 0.15) is 0 Å². The van der Waals surface area contributed by atoms with Crippen molar-refractivity contribution in [3.8, 4) is 11.3 Å². The molecule has 0 saturated heterocycles. The van der Waals surface area contributed by atoms with Crippen LogP contribution in [0.4, 0.5) is 0 Å². The van der Waals surface area contributed by atoms with Crippen molar-refractivity contribution in [2.24, 2.45) is 0 Å². The van der Waals surface area contributed by atoms with Gasteiger partial charge in [-0.15, -0.1) is 0 Å². The van der Waals surface area contributed by atoms with Crippen LogP contribution in [0.3, 0.4) is 0 Å². The molecular weight excluding hydrogens is 391 g/mol. The number of fused-ring (bicyclic) bond motifs is 1. The van der Waals surface area contributed by atoms with E-state index in [0.29, 0.717) is 0 Å². The monoisotopic (exact) mass is 398 g/mol. The van der Waals surface area contributed by atoms with Gasteiger partial charge in [0.05, 0.1) is 9.26 Å². The maximum absolute atomic E-state index is 4.66. The Balaban J connectivity index is 2.22. The molecule has 0 bridgehead atoms. The summed E-state index contributed by atoms with van der Waals surface area (Å²) in [5.41, 5.74) is 3.12. The summed E-state index contributed by atoms with van der Waals surface area (Å²) in [5.74, 6) is 0. The number of imidazole rings is 1. The molecule has 3 rings (SSSR count). The topological polar surface area (TPSA) is 17.3 Å². The van der Waals surface area contributed by atoms with Crippen molar-refractivity contribution in [3.63, 3.8) is 0 Å². The lowest BCUT2D eigenvalue weighted by Gasteiger charge is -1.95. The Labute approximate surface area is 121 Å². The van der Waals surface area contributed by atoms with Gasteiger partial charge in [0.15, 0.2) is 5.65 Å². The largest absolute Gasteiger partial charge is 0.306 e. The molecule has 17 heavy (non-hydrogen) atoms. The quantitative estimate of drug-likeness (QED) is 0.556. The Hall–Kier alpha value is -0.880. The SMILES string of the molecule is Brc1cccc(-c2cn3cccc(I)c3n2)c1. The maximum atomic E-state index is 4.66. The molecule has 1 aromatic carbocycles. The third-order valence-corrected chi connectivity index (χ3v) is 3.89. The normalized spacial score (nSPS) is 10.9. The molecule has 0 saturated carbocycles. The Morgan fingerprint density at radius 3 is 2.82 bits per heavy atom. The molecule has 0 atom stereocenters. The van der Waals surface area contributed by atoms with E-state index in [9.17, 15) is 0 Å². The molecule has 0 aliphatic carbocycles. The van der Waals surface area contributed by atoms with Crippen molar-refractivity contribution in [1.82, 2.24) is 9.38 Å². The van der Waals surface area contributed by atoms with Crippen molar-refractivity contribution < 1.29 is 0 Å². The van der Waals surface area contributed by atoms with Crippen LogP contribution in [0.15, 0.2) is 53.3 Å². The molecule has 0 N–H and O–H groups in total. The first-order valence-corrected chi connectivity index (χ1v) is 7.00. The van der Waals surface area contributed by atoms with E-state index in [1.165, 1.54) is 0 Å². The number of nitrogens with zero attached hydrogens (tertiary/aromatic N) is 2. The second-order valence-electron chi connectivity index (χ2n) is 3.72. The summed E-state index contributed by atoms with van der Waals surface area (Å²) in [6.07, 6.45) is 4.07. The zero-order valence-electron chi connectivity index (χ0n) is 8.77. The van der Waals surface area contributed by atoms with Gasteiger partial charge in [-0.25, -0.2) is 4.98 Å². The zero-order chi connectivity index (χ0) is 11.8. The molecule has 84 valence electrons. The Bertz CT molecular complexity index is 691. The van der Waals surface area contributed by atoms with E-state index in [2.05, 4.69) is 72.3 Å². The van der Waals surface area contributed by atoms with Gasteiger partial charge in [-0.1, -0.05) is 28.1 Å². The molecule has 2 nitrogen and oxygen atoms in total. The van der Waals surface area contributed by atoms with Crippen molar-refractivity contribution in [1.29, 1.82) is 0 Å². The van der Waals surface area contributed by atoms with Crippen LogP contribution < -0.4 is 0 Å². The van der Waals surface area contributed by atoms with Crippen LogP contribution in [0.2, 0.25) is 0 Å². The Morgan fingerprint density at radius 2 is 2.06 bits per heavy atom. The summed E-state index contributed by atoms with van der Waals surface area (Å²) in [6.45, 7) is 0. The minimum Gasteiger partial charge on any atom is -0.306 e. The van der Waals surface area contributed by atoms with E-state index in [4.69, 9.17) is 0 Å². The molecular formula is C13H8BrIN2. The lowest BCUT2D eigenvalue weighted by atomic mass is 10.2. The third kappa shape index (κ3) is 2.11. The molecule has 0 radical (unpaired) electrons. The summed E-state index contributed by atoms with van der Waals surface area (Å²) >= 11 is 5.79. The van der Waals surface area contributed by atoms with Gasteiger partial charge in [0.25, 0.3) is 0 Å². The highest BCUT2D eigenvalue weighted by Crippen LogP contribution is 2.24. The van der Waals surface area contributed by atoms with Gasteiger partial charge in [0.1, 0.15) is 0 Å². The second-order valence-corrected chi connectivity index (χ2v) is 5.80. The van der Waals surface area contributed by atoms with Gasteiger partial charge >= 0.3 is 0 Å². The number of hydrogen-bond acceptors (Lipinski definition) is 1. The van der Waals surface area contributed by atoms with Crippen LogP contribution >= 0.6 is 38.5 Å². The van der Waals surface area contributed by atoms with Crippen molar-refractivity contribution >= 4 is 44.2 Å². The Morgan fingerprint density at radius 1 is 1.18 bits per heavy atom. The van der Waals surface area contributed by atoms with E-state index in [-0.39, 0.29) is 0 Å². The van der Waals surface area contributed by atoms with Crippen molar-refractivity contribution in [2.45, 2.75) is 0 Å². The number of benzene rings is 1. The smallest absolute Gasteiger partial charge is 0.150 e. The van der Waals surface area contributed by atoms with Gasteiger partial charge in [-0.05, 0) is 46.9 Å². The number of rotatable bonds is 1. The summed E-state index contributed by atoms with van der Waals surface area (Å²) < 4.78 is 4.28. The fraction of sp³-hybridized carbons (Fsp3) is 0. The predicted molar refractivity (Wildman–Crippen MR) is 81.0 cm³/mol. The van der Waals surface area contributed by atoms with Gasteiger partial charge < -0.3 is 4.40 Å². The van der Waals surface area contributed by atoms with Gasteiger partial charge in [-0.3, -0.25) is 0 Å². The minimum atomic E-state index is 0.996. The van der Waals surface area contributed by atoms with E-state index >= 15 is 0 Å². The summed E-state index contributed by atoms with van der Waals surface area (Å²) in [4.78, 5) is 4.66. The number of halogens is 2. The van der Waals surface area contributed by atoms with Crippen LogP contribution in [0.5, 0.6) is 0 Å². The van der Waals surface area contributed by atoms with E-state index in [0.717, 1.165) is 24.9 Å². The first kappa shape index (κ1) is 11.2. The van der Waals surface area contributed by atoms with Crippen LogP contribution in [0.25, 0.3) is 16.9 Å².